The molecular formula is C31H56O6Si2. The molecule has 224 valence electrons. The number of methoxy groups -OCH3 is 1. The minimum Gasteiger partial charge on any atom is -0.411 e. The van der Waals surface area contributed by atoms with Crippen LogP contribution in [0.15, 0.2) is 43.0 Å². The van der Waals surface area contributed by atoms with Gasteiger partial charge in [-0.2, -0.15) is 0 Å². The van der Waals surface area contributed by atoms with Gasteiger partial charge in [-0.1, -0.05) is 78.0 Å². The average molecular weight is 581 g/mol. The van der Waals surface area contributed by atoms with Gasteiger partial charge in [0.1, 0.15) is 31.2 Å². The van der Waals surface area contributed by atoms with Crippen LogP contribution in [0, 0.1) is 0 Å². The molecule has 1 heterocycles. The smallest absolute Gasteiger partial charge is 0.192 e. The average Bonchev–Trinajstić information content (AvgIpc) is 2.79. The van der Waals surface area contributed by atoms with E-state index in [0.717, 1.165) is 5.56 Å². The molecule has 0 saturated carbocycles. The number of rotatable bonds is 12. The molecule has 0 bridgehead atoms. The summed E-state index contributed by atoms with van der Waals surface area (Å²) in [7, 11) is -2.80. The first kappa shape index (κ1) is 34.4. The van der Waals surface area contributed by atoms with Gasteiger partial charge in [0.05, 0.1) is 6.10 Å². The third-order valence-corrected chi connectivity index (χ3v) is 17.5. The summed E-state index contributed by atoms with van der Waals surface area (Å²) in [5.41, 5.74) is 1.05. The van der Waals surface area contributed by atoms with Crippen LogP contribution in [0.25, 0.3) is 0 Å². The molecule has 1 aromatic rings. The van der Waals surface area contributed by atoms with Gasteiger partial charge < -0.3 is 27.8 Å². The van der Waals surface area contributed by atoms with Crippen molar-refractivity contribution in [2.24, 2.45) is 0 Å². The van der Waals surface area contributed by atoms with Gasteiger partial charge in [0.2, 0.25) is 0 Å². The van der Waals surface area contributed by atoms with Crippen molar-refractivity contribution in [3.05, 3.63) is 48.6 Å². The molecule has 0 unspecified atom stereocenters. The van der Waals surface area contributed by atoms with Gasteiger partial charge in [-0.15, -0.1) is 6.58 Å². The Labute approximate surface area is 241 Å². The van der Waals surface area contributed by atoms with Crippen LogP contribution < -0.4 is 0 Å². The Hall–Kier alpha value is -0.846. The Bertz CT molecular complexity index is 904. The molecule has 1 aliphatic heterocycles. The molecule has 5 atom stereocenters. The third kappa shape index (κ3) is 8.82. The van der Waals surface area contributed by atoms with E-state index in [1.165, 1.54) is 0 Å². The molecule has 1 aliphatic rings. The Morgan fingerprint density at radius 3 is 2.00 bits per heavy atom. The van der Waals surface area contributed by atoms with Crippen molar-refractivity contribution < 1.29 is 27.8 Å². The van der Waals surface area contributed by atoms with E-state index >= 15 is 0 Å². The molecule has 1 aromatic carbocycles. The number of benzene rings is 1. The molecule has 0 N–H and O–H groups in total. The molecule has 0 radical (unpaired) electrons. The lowest BCUT2D eigenvalue weighted by Gasteiger charge is -2.53. The fourth-order valence-corrected chi connectivity index (χ4v) is 6.93. The Morgan fingerprint density at radius 1 is 0.949 bits per heavy atom. The van der Waals surface area contributed by atoms with Gasteiger partial charge in [-0.25, -0.2) is 0 Å². The lowest BCUT2D eigenvalue weighted by atomic mass is 9.92. The molecule has 0 amide bonds. The van der Waals surface area contributed by atoms with Crippen LogP contribution >= 0.6 is 0 Å². The molecule has 0 aliphatic carbocycles. The van der Waals surface area contributed by atoms with Crippen LogP contribution in [0.4, 0.5) is 0 Å². The van der Waals surface area contributed by atoms with E-state index in [1.54, 1.807) is 7.11 Å². The summed E-state index contributed by atoms with van der Waals surface area (Å²) < 4.78 is 39.6. The molecule has 8 heteroatoms. The van der Waals surface area contributed by atoms with Gasteiger partial charge in [0.15, 0.2) is 22.4 Å². The molecule has 39 heavy (non-hydrogen) atoms. The summed E-state index contributed by atoms with van der Waals surface area (Å²) in [5.74, 6) is -0.872. The maximum atomic E-state index is 7.20. The van der Waals surface area contributed by atoms with Crippen molar-refractivity contribution >= 4 is 16.6 Å². The van der Waals surface area contributed by atoms with Crippen molar-refractivity contribution in [2.45, 2.75) is 134 Å². The van der Waals surface area contributed by atoms with Crippen LogP contribution in [0.5, 0.6) is 0 Å². The highest BCUT2D eigenvalue weighted by atomic mass is 28.4. The molecule has 2 rings (SSSR count). The predicted molar refractivity (Wildman–Crippen MR) is 165 cm³/mol. The minimum atomic E-state index is -2.26. The SMILES string of the molecule is C=CC[C@H](O[Si](C)(C)C(C)(C)C)[C@H](OCOC)[C@@H]1OC(C)(C)O[C@H](c2ccccc2)[C@H]1O[Si](C)(C)C(C)(C)C. The molecule has 0 aromatic heterocycles. The van der Waals surface area contributed by atoms with E-state index < -0.39 is 40.7 Å². The third-order valence-electron chi connectivity index (χ3n) is 8.54. The first-order valence-corrected chi connectivity index (χ1v) is 20.1. The predicted octanol–water partition coefficient (Wildman–Crippen LogP) is 8.23. The minimum absolute atomic E-state index is 0.00715. The Kier molecular flexibility index (Phi) is 11.4. The maximum absolute atomic E-state index is 7.20. The van der Waals surface area contributed by atoms with Gasteiger partial charge in [0, 0.05) is 7.11 Å². The molecule has 1 saturated heterocycles. The van der Waals surface area contributed by atoms with Gasteiger partial charge in [-0.05, 0) is 62.1 Å². The van der Waals surface area contributed by atoms with Crippen molar-refractivity contribution in [1.82, 2.24) is 0 Å². The van der Waals surface area contributed by atoms with Gasteiger partial charge in [0.25, 0.3) is 0 Å². The second-order valence-corrected chi connectivity index (χ2v) is 23.8. The molecule has 0 spiro atoms. The summed E-state index contributed by atoms with van der Waals surface area (Å²) >= 11 is 0. The van der Waals surface area contributed by atoms with Crippen molar-refractivity contribution in [2.75, 3.05) is 13.9 Å². The van der Waals surface area contributed by atoms with Crippen LogP contribution in [-0.2, 0) is 27.8 Å². The van der Waals surface area contributed by atoms with Crippen molar-refractivity contribution in [1.29, 1.82) is 0 Å². The van der Waals surface area contributed by atoms with Gasteiger partial charge >= 0.3 is 0 Å². The van der Waals surface area contributed by atoms with E-state index in [-0.39, 0.29) is 29.1 Å². The van der Waals surface area contributed by atoms with E-state index in [1.807, 2.05) is 38.1 Å². The summed E-state index contributed by atoms with van der Waals surface area (Å²) in [4.78, 5) is 0. The van der Waals surface area contributed by atoms with Crippen LogP contribution in [0.3, 0.4) is 0 Å². The molecule has 6 nitrogen and oxygen atoms in total. The molecular weight excluding hydrogens is 525 g/mol. The largest absolute Gasteiger partial charge is 0.411 e. The van der Waals surface area contributed by atoms with E-state index in [4.69, 9.17) is 27.8 Å². The summed E-state index contributed by atoms with van der Waals surface area (Å²) in [6, 6.07) is 10.3. The zero-order chi connectivity index (χ0) is 29.9. The highest BCUT2D eigenvalue weighted by Gasteiger charge is 2.54. The van der Waals surface area contributed by atoms with Crippen LogP contribution in [-0.4, -0.2) is 60.7 Å². The first-order valence-electron chi connectivity index (χ1n) is 14.2. The quantitative estimate of drug-likeness (QED) is 0.141. The number of hydrogen-bond donors (Lipinski definition) is 0. The highest BCUT2D eigenvalue weighted by Crippen LogP contribution is 2.46. The monoisotopic (exact) mass is 580 g/mol. The maximum Gasteiger partial charge on any atom is 0.192 e. The fourth-order valence-electron chi connectivity index (χ4n) is 4.30. The zero-order valence-corrected chi connectivity index (χ0v) is 28.9. The van der Waals surface area contributed by atoms with Crippen molar-refractivity contribution in [3.63, 3.8) is 0 Å². The Morgan fingerprint density at radius 2 is 1.51 bits per heavy atom. The van der Waals surface area contributed by atoms with E-state index in [0.29, 0.717) is 6.42 Å². The van der Waals surface area contributed by atoms with E-state index in [9.17, 15) is 0 Å². The molecule has 1 fully saturated rings. The fraction of sp³-hybridized carbons (Fsp3) is 0.742. The standard InChI is InChI=1S/C31H56O6Si2/c1-15-19-24(36-38(11,12)29(2,3)4)26(33-22-32-10)27-28(37-39(13,14)30(5,6)7)25(34-31(8,9)35-27)23-20-17-16-18-21-23/h15-18,20-21,24-28H,1,19,22H2,2-14H3/t24-,25+,26-,27-,28+/m0/s1. The van der Waals surface area contributed by atoms with E-state index in [2.05, 4.69) is 86.4 Å². The lowest BCUT2D eigenvalue weighted by Crippen LogP contribution is -2.62. The number of ether oxygens (including phenoxy) is 4. The summed E-state index contributed by atoms with van der Waals surface area (Å²) in [6.07, 6.45) is 0.520. The van der Waals surface area contributed by atoms with Crippen molar-refractivity contribution in [3.8, 4) is 0 Å². The second kappa shape index (κ2) is 13.0. The summed E-state index contributed by atoms with van der Waals surface area (Å²) in [6.45, 7) is 30.7. The van der Waals surface area contributed by atoms with Crippen LogP contribution in [0.1, 0.15) is 73.5 Å². The number of hydrogen-bond acceptors (Lipinski definition) is 6. The highest BCUT2D eigenvalue weighted by molar-refractivity contribution is 6.74. The van der Waals surface area contributed by atoms with Gasteiger partial charge in [-0.3, -0.25) is 0 Å². The Balaban J connectivity index is 2.70. The normalized spacial score (nSPS) is 24.3. The summed E-state index contributed by atoms with van der Waals surface area (Å²) in [5, 5.41) is 0.0183. The second-order valence-electron chi connectivity index (χ2n) is 14.3. The zero-order valence-electron chi connectivity index (χ0n) is 26.9. The first-order chi connectivity index (χ1) is 17.8. The lowest BCUT2D eigenvalue weighted by molar-refractivity contribution is -0.354. The topological polar surface area (TPSA) is 55.4 Å². The van der Waals surface area contributed by atoms with Crippen LogP contribution in [0.2, 0.25) is 36.3 Å².